The molecule has 0 saturated carbocycles. The fraction of sp³-hybridized carbons (Fsp3) is 0.375. The monoisotopic (exact) mass is 310 g/mol. The summed E-state index contributed by atoms with van der Waals surface area (Å²) in [7, 11) is 0. The Hall–Kier alpha value is -0.920. The summed E-state index contributed by atoms with van der Waals surface area (Å²) in [5.74, 6) is 0.0115. The molecule has 1 aromatic heterocycles. The lowest BCUT2D eigenvalue weighted by molar-refractivity contribution is -0.386. The molecule has 0 amide bonds. The summed E-state index contributed by atoms with van der Waals surface area (Å²) in [6.45, 7) is 0.0865. The molecule has 0 aliphatic heterocycles. The minimum Gasteiger partial charge on any atom is -0.390 e. The van der Waals surface area contributed by atoms with Gasteiger partial charge in [0.25, 0.3) is 5.43 Å². The molecule has 0 saturated heterocycles. The van der Waals surface area contributed by atoms with Crippen LogP contribution in [-0.4, -0.2) is 26.6 Å². The fourth-order valence-electron chi connectivity index (χ4n) is 1.11. The van der Waals surface area contributed by atoms with E-state index in [1.54, 1.807) is 0 Å². The van der Waals surface area contributed by atoms with Gasteiger partial charge in [-0.25, -0.2) is 0 Å². The first-order chi connectivity index (χ1) is 7.45. The highest BCUT2D eigenvalue weighted by molar-refractivity contribution is 9.10. The van der Waals surface area contributed by atoms with Crippen LogP contribution in [-0.2, 0) is 6.54 Å². The predicted molar refractivity (Wildman–Crippen MR) is 61.8 cm³/mol. The number of pyridine rings is 1. The largest absolute Gasteiger partial charge is 0.390 e. The third-order valence-corrected chi connectivity index (χ3v) is 2.73. The van der Waals surface area contributed by atoms with Crippen LogP contribution in [0.15, 0.2) is 21.7 Å². The van der Waals surface area contributed by atoms with Gasteiger partial charge in [0.2, 0.25) is 0 Å². The maximum absolute atomic E-state index is 11.3. The van der Waals surface area contributed by atoms with Crippen molar-refractivity contribution in [2.24, 2.45) is 0 Å². The van der Waals surface area contributed by atoms with Gasteiger partial charge in [0.05, 0.1) is 27.6 Å². The van der Waals surface area contributed by atoms with E-state index in [2.05, 4.69) is 15.9 Å². The molecule has 8 heteroatoms. The van der Waals surface area contributed by atoms with E-state index in [9.17, 15) is 20.0 Å². The number of rotatable bonds is 4. The Kier molecular flexibility index (Phi) is 4.45. The van der Waals surface area contributed by atoms with Gasteiger partial charge < -0.3 is 9.67 Å². The lowest BCUT2D eigenvalue weighted by atomic mass is 10.3. The van der Waals surface area contributed by atoms with Crippen LogP contribution in [0.2, 0.25) is 0 Å². The van der Waals surface area contributed by atoms with E-state index in [4.69, 9.17) is 11.6 Å². The lowest BCUT2D eigenvalue weighted by Crippen LogP contribution is -2.20. The Morgan fingerprint density at radius 3 is 2.75 bits per heavy atom. The lowest BCUT2D eigenvalue weighted by Gasteiger charge is -2.10. The number of nitrogens with zero attached hydrogens (tertiary/aromatic N) is 2. The van der Waals surface area contributed by atoms with Gasteiger partial charge in [-0.05, 0) is 15.9 Å². The van der Waals surface area contributed by atoms with Crippen molar-refractivity contribution in [2.45, 2.75) is 12.6 Å². The van der Waals surface area contributed by atoms with E-state index in [0.29, 0.717) is 0 Å². The van der Waals surface area contributed by atoms with Crippen molar-refractivity contribution in [3.05, 3.63) is 37.2 Å². The molecule has 6 nitrogen and oxygen atoms in total. The zero-order chi connectivity index (χ0) is 12.3. The molecular weight excluding hydrogens is 303 g/mol. The molecule has 0 bridgehead atoms. The number of aliphatic hydroxyl groups is 1. The van der Waals surface area contributed by atoms with Gasteiger partial charge in [0, 0.05) is 12.7 Å². The average molecular weight is 312 g/mol. The average Bonchev–Trinajstić information content (AvgIpc) is 2.22. The van der Waals surface area contributed by atoms with Crippen molar-refractivity contribution >= 4 is 33.2 Å². The molecule has 0 spiro atoms. The van der Waals surface area contributed by atoms with Crippen molar-refractivity contribution in [3.63, 3.8) is 0 Å². The zero-order valence-electron chi connectivity index (χ0n) is 7.97. The van der Waals surface area contributed by atoms with Gasteiger partial charge in [-0.15, -0.1) is 11.6 Å². The summed E-state index contributed by atoms with van der Waals surface area (Å²) in [5, 5.41) is 19.8. The molecule has 0 aromatic carbocycles. The third kappa shape index (κ3) is 3.03. The Balaban J connectivity index is 3.14. The molecule has 1 N–H and O–H groups in total. The molecule has 88 valence electrons. The Bertz CT molecular complexity index is 462. The quantitative estimate of drug-likeness (QED) is 0.513. The summed E-state index contributed by atoms with van der Waals surface area (Å²) < 4.78 is 1.42. The number of hydrogen-bond donors (Lipinski definition) is 1. The van der Waals surface area contributed by atoms with E-state index in [1.165, 1.54) is 10.8 Å². The molecule has 0 radical (unpaired) electrons. The van der Waals surface area contributed by atoms with Crippen LogP contribution in [0.3, 0.4) is 0 Å². The SMILES string of the molecule is O=c1c(Br)cn(CC(O)CCl)cc1[N+](=O)[O-]. The second-order valence-corrected chi connectivity index (χ2v) is 4.25. The molecule has 16 heavy (non-hydrogen) atoms. The second kappa shape index (κ2) is 5.42. The van der Waals surface area contributed by atoms with Crippen LogP contribution in [0.5, 0.6) is 0 Å². The molecule has 0 aliphatic carbocycles. The normalized spacial score (nSPS) is 12.4. The zero-order valence-corrected chi connectivity index (χ0v) is 10.3. The fourth-order valence-corrected chi connectivity index (χ4v) is 1.67. The molecular formula is C8H8BrClN2O4. The van der Waals surface area contributed by atoms with Crippen molar-refractivity contribution in [1.82, 2.24) is 4.57 Å². The van der Waals surface area contributed by atoms with Gasteiger partial charge in [-0.1, -0.05) is 0 Å². The molecule has 1 rings (SSSR count). The van der Waals surface area contributed by atoms with Crippen LogP contribution in [0.4, 0.5) is 5.69 Å². The summed E-state index contributed by atoms with van der Waals surface area (Å²) in [5.41, 5.74) is -1.24. The van der Waals surface area contributed by atoms with Gasteiger partial charge in [-0.3, -0.25) is 14.9 Å². The maximum atomic E-state index is 11.3. The van der Waals surface area contributed by atoms with Gasteiger partial charge in [0.15, 0.2) is 0 Å². The Morgan fingerprint density at radius 2 is 2.25 bits per heavy atom. The number of aliphatic hydroxyl groups excluding tert-OH is 1. The minimum absolute atomic E-state index is 0.0115. The van der Waals surface area contributed by atoms with Crippen LogP contribution >= 0.6 is 27.5 Å². The van der Waals surface area contributed by atoms with Crippen molar-refractivity contribution in [1.29, 1.82) is 0 Å². The van der Waals surface area contributed by atoms with Crippen molar-refractivity contribution in [3.8, 4) is 0 Å². The summed E-state index contributed by atoms with van der Waals surface area (Å²) in [4.78, 5) is 21.1. The van der Waals surface area contributed by atoms with Crippen LogP contribution in [0.25, 0.3) is 0 Å². The summed E-state index contributed by atoms with van der Waals surface area (Å²) in [6, 6.07) is 0. The van der Waals surface area contributed by atoms with Gasteiger partial charge >= 0.3 is 5.69 Å². The van der Waals surface area contributed by atoms with Gasteiger partial charge in [0.1, 0.15) is 0 Å². The number of halogens is 2. The number of alkyl halides is 1. The Labute approximate surface area is 104 Å². The smallest absolute Gasteiger partial charge is 0.333 e. The van der Waals surface area contributed by atoms with Gasteiger partial charge in [-0.2, -0.15) is 0 Å². The van der Waals surface area contributed by atoms with Crippen LogP contribution in [0.1, 0.15) is 0 Å². The maximum Gasteiger partial charge on any atom is 0.333 e. The molecule has 0 aliphatic rings. The molecule has 1 aromatic rings. The van der Waals surface area contributed by atoms with E-state index in [-0.39, 0.29) is 16.9 Å². The highest BCUT2D eigenvalue weighted by Crippen LogP contribution is 2.11. The standard InChI is InChI=1S/C8H8BrClN2O4/c9-6-3-11(2-5(13)1-10)4-7(8(6)14)12(15)16/h3-5,13H,1-2H2. The number of hydrogen-bond acceptors (Lipinski definition) is 4. The van der Waals surface area contributed by atoms with Crippen LogP contribution in [0, 0.1) is 10.1 Å². The van der Waals surface area contributed by atoms with Crippen molar-refractivity contribution < 1.29 is 10.0 Å². The Morgan fingerprint density at radius 1 is 1.62 bits per heavy atom. The first-order valence-corrected chi connectivity index (χ1v) is 5.56. The molecule has 1 unspecified atom stereocenters. The molecule has 1 atom stereocenters. The van der Waals surface area contributed by atoms with Crippen molar-refractivity contribution in [2.75, 3.05) is 5.88 Å². The topological polar surface area (TPSA) is 85.4 Å². The number of nitro groups is 1. The van der Waals surface area contributed by atoms with E-state index in [0.717, 1.165) is 6.20 Å². The highest BCUT2D eigenvalue weighted by atomic mass is 79.9. The first-order valence-electron chi connectivity index (χ1n) is 4.23. The third-order valence-electron chi connectivity index (χ3n) is 1.81. The summed E-state index contributed by atoms with van der Waals surface area (Å²) in [6.07, 6.45) is 1.62. The summed E-state index contributed by atoms with van der Waals surface area (Å²) >= 11 is 8.33. The highest BCUT2D eigenvalue weighted by Gasteiger charge is 2.16. The minimum atomic E-state index is -0.823. The molecule has 0 fully saturated rings. The van der Waals surface area contributed by atoms with E-state index >= 15 is 0 Å². The van der Waals surface area contributed by atoms with Crippen LogP contribution < -0.4 is 5.43 Å². The second-order valence-electron chi connectivity index (χ2n) is 3.08. The number of aromatic nitrogens is 1. The van der Waals surface area contributed by atoms with E-state index in [1.807, 2.05) is 0 Å². The molecule has 1 heterocycles. The van der Waals surface area contributed by atoms with E-state index < -0.39 is 22.1 Å². The predicted octanol–water partition coefficient (Wildman–Crippen LogP) is 1.12. The first kappa shape index (κ1) is 13.1.